The van der Waals surface area contributed by atoms with E-state index in [1.165, 1.54) is 0 Å². The number of likely N-dealkylation sites (tertiary alicyclic amines) is 2. The predicted molar refractivity (Wildman–Crippen MR) is 94.7 cm³/mol. The van der Waals surface area contributed by atoms with Crippen LogP contribution in [0.5, 0.6) is 0 Å². The molecule has 24 heavy (non-hydrogen) atoms. The molecule has 2 atom stereocenters. The standard InChI is InChI=1S/C17H31N3O3S/c1-16(2,3)20-7-5-14(6-8-20)18-15(21)19-9-13-10-24(22,23)12-17(13,4)11-19/h13-14H,5-12H2,1-4H3,(H,18,21)/t13-,17+/m1/s1. The Labute approximate surface area is 145 Å². The molecule has 3 rings (SSSR count). The summed E-state index contributed by atoms with van der Waals surface area (Å²) in [6.45, 7) is 11.8. The van der Waals surface area contributed by atoms with Crippen molar-refractivity contribution < 1.29 is 13.2 Å². The van der Waals surface area contributed by atoms with E-state index in [1.807, 2.05) is 11.8 Å². The quantitative estimate of drug-likeness (QED) is 0.768. The number of fused-ring (bicyclic) bond motifs is 1. The van der Waals surface area contributed by atoms with E-state index in [2.05, 4.69) is 31.0 Å². The predicted octanol–water partition coefficient (Wildman–Crippen LogP) is 1.33. The molecule has 3 aliphatic heterocycles. The van der Waals surface area contributed by atoms with Gasteiger partial charge in [-0.3, -0.25) is 4.90 Å². The van der Waals surface area contributed by atoms with Gasteiger partial charge in [0.05, 0.1) is 11.5 Å². The van der Waals surface area contributed by atoms with Gasteiger partial charge in [0.1, 0.15) is 0 Å². The second-order valence-corrected chi connectivity index (χ2v) is 11.3. The number of hydrogen-bond donors (Lipinski definition) is 1. The number of urea groups is 1. The fourth-order valence-electron chi connectivity index (χ4n) is 4.52. The smallest absolute Gasteiger partial charge is 0.317 e. The van der Waals surface area contributed by atoms with Crippen LogP contribution in [0.15, 0.2) is 0 Å². The van der Waals surface area contributed by atoms with Crippen LogP contribution in [0.3, 0.4) is 0 Å². The molecule has 0 spiro atoms. The highest BCUT2D eigenvalue weighted by Crippen LogP contribution is 2.43. The molecule has 2 amide bonds. The zero-order valence-corrected chi connectivity index (χ0v) is 16.2. The van der Waals surface area contributed by atoms with Gasteiger partial charge in [-0.2, -0.15) is 0 Å². The Morgan fingerprint density at radius 2 is 1.83 bits per heavy atom. The van der Waals surface area contributed by atoms with Crippen LogP contribution < -0.4 is 5.32 Å². The number of piperidine rings is 1. The number of carbonyl (C=O) groups is 1. The number of sulfone groups is 1. The summed E-state index contributed by atoms with van der Waals surface area (Å²) in [4.78, 5) is 16.9. The van der Waals surface area contributed by atoms with E-state index in [0.29, 0.717) is 13.1 Å². The minimum absolute atomic E-state index is 0.0165. The van der Waals surface area contributed by atoms with E-state index in [4.69, 9.17) is 0 Å². The van der Waals surface area contributed by atoms with Gasteiger partial charge in [-0.05, 0) is 39.5 Å². The second-order valence-electron chi connectivity index (χ2n) is 9.17. The zero-order valence-electron chi connectivity index (χ0n) is 15.3. The second kappa shape index (κ2) is 5.87. The van der Waals surface area contributed by atoms with E-state index in [-0.39, 0.29) is 40.5 Å². The summed E-state index contributed by atoms with van der Waals surface area (Å²) in [7, 11) is -2.92. The van der Waals surface area contributed by atoms with Crippen molar-refractivity contribution in [1.82, 2.24) is 15.1 Å². The number of nitrogens with zero attached hydrogens (tertiary/aromatic N) is 2. The van der Waals surface area contributed by atoms with Crippen molar-refractivity contribution in [1.29, 1.82) is 0 Å². The molecule has 3 heterocycles. The lowest BCUT2D eigenvalue weighted by molar-refractivity contribution is 0.0961. The van der Waals surface area contributed by atoms with Crippen LogP contribution >= 0.6 is 0 Å². The SMILES string of the molecule is CC(C)(C)N1CCC(NC(=O)N2C[C@@H]3CS(=O)(=O)C[C@]3(C)C2)CC1. The fourth-order valence-corrected chi connectivity index (χ4v) is 7.09. The summed E-state index contributed by atoms with van der Waals surface area (Å²) < 4.78 is 23.7. The molecule has 0 aromatic carbocycles. The zero-order chi connectivity index (χ0) is 17.8. The molecule has 0 bridgehead atoms. The molecule has 0 saturated carbocycles. The molecule has 6 nitrogen and oxygen atoms in total. The highest BCUT2D eigenvalue weighted by molar-refractivity contribution is 7.91. The summed E-state index contributed by atoms with van der Waals surface area (Å²) >= 11 is 0. The Bertz CT molecular complexity index is 605. The van der Waals surface area contributed by atoms with Gasteiger partial charge in [-0.15, -0.1) is 0 Å². The maximum Gasteiger partial charge on any atom is 0.317 e. The molecule has 0 aromatic rings. The van der Waals surface area contributed by atoms with Gasteiger partial charge in [0.2, 0.25) is 0 Å². The summed E-state index contributed by atoms with van der Waals surface area (Å²) in [5, 5.41) is 3.17. The van der Waals surface area contributed by atoms with Crippen LogP contribution in [0.1, 0.15) is 40.5 Å². The first-order chi connectivity index (χ1) is 11.0. The van der Waals surface area contributed by atoms with E-state index >= 15 is 0 Å². The first-order valence-corrected chi connectivity index (χ1v) is 10.8. The largest absolute Gasteiger partial charge is 0.335 e. The molecule has 7 heteroatoms. The van der Waals surface area contributed by atoms with Crippen molar-refractivity contribution in [2.45, 2.75) is 52.1 Å². The van der Waals surface area contributed by atoms with Crippen LogP contribution in [0.4, 0.5) is 4.79 Å². The van der Waals surface area contributed by atoms with Crippen LogP contribution in [-0.2, 0) is 9.84 Å². The Balaban J connectivity index is 1.51. The van der Waals surface area contributed by atoms with Crippen LogP contribution in [0, 0.1) is 11.3 Å². The number of rotatable bonds is 1. The van der Waals surface area contributed by atoms with Crippen molar-refractivity contribution in [3.05, 3.63) is 0 Å². The first kappa shape index (κ1) is 18.0. The lowest BCUT2D eigenvalue weighted by Gasteiger charge is -2.41. The van der Waals surface area contributed by atoms with Crippen molar-refractivity contribution in [3.63, 3.8) is 0 Å². The average Bonchev–Trinajstić information content (AvgIpc) is 2.84. The summed E-state index contributed by atoms with van der Waals surface area (Å²) in [6, 6.07) is 0.213. The first-order valence-electron chi connectivity index (χ1n) is 8.99. The van der Waals surface area contributed by atoms with E-state index in [0.717, 1.165) is 25.9 Å². The lowest BCUT2D eigenvalue weighted by atomic mass is 9.84. The minimum Gasteiger partial charge on any atom is -0.335 e. The lowest BCUT2D eigenvalue weighted by Crippen LogP contribution is -2.52. The van der Waals surface area contributed by atoms with Gasteiger partial charge in [-0.25, -0.2) is 13.2 Å². The fraction of sp³-hybridized carbons (Fsp3) is 0.941. The summed E-state index contributed by atoms with van der Waals surface area (Å²) in [5.41, 5.74) is -0.0762. The van der Waals surface area contributed by atoms with Crippen molar-refractivity contribution in [3.8, 4) is 0 Å². The molecule has 3 fully saturated rings. The van der Waals surface area contributed by atoms with E-state index in [9.17, 15) is 13.2 Å². The monoisotopic (exact) mass is 357 g/mol. The van der Waals surface area contributed by atoms with Crippen LogP contribution in [0.25, 0.3) is 0 Å². The molecule has 0 radical (unpaired) electrons. The van der Waals surface area contributed by atoms with Gasteiger partial charge < -0.3 is 10.2 Å². The Kier molecular flexibility index (Phi) is 4.40. The maximum absolute atomic E-state index is 12.6. The summed E-state index contributed by atoms with van der Waals surface area (Å²) in [6.07, 6.45) is 1.96. The van der Waals surface area contributed by atoms with Gasteiger partial charge in [-0.1, -0.05) is 6.92 Å². The average molecular weight is 358 g/mol. The van der Waals surface area contributed by atoms with Crippen molar-refractivity contribution >= 4 is 15.9 Å². The molecule has 0 aromatic heterocycles. The Morgan fingerprint density at radius 1 is 1.21 bits per heavy atom. The molecule has 1 N–H and O–H groups in total. The third kappa shape index (κ3) is 3.57. The van der Waals surface area contributed by atoms with Gasteiger partial charge in [0, 0.05) is 43.2 Å². The molecule has 138 valence electrons. The van der Waals surface area contributed by atoms with Crippen LogP contribution in [-0.4, -0.2) is 73.5 Å². The van der Waals surface area contributed by atoms with Crippen molar-refractivity contribution in [2.24, 2.45) is 11.3 Å². The van der Waals surface area contributed by atoms with E-state index in [1.54, 1.807) is 0 Å². The third-order valence-electron chi connectivity index (χ3n) is 6.04. The van der Waals surface area contributed by atoms with Crippen LogP contribution in [0.2, 0.25) is 0 Å². The van der Waals surface area contributed by atoms with Crippen molar-refractivity contribution in [2.75, 3.05) is 37.7 Å². The third-order valence-corrected chi connectivity index (χ3v) is 8.05. The molecular formula is C17H31N3O3S. The molecule has 3 aliphatic rings. The van der Waals surface area contributed by atoms with Gasteiger partial charge in [0.15, 0.2) is 9.84 Å². The normalized spacial score (nSPS) is 34.3. The highest BCUT2D eigenvalue weighted by atomic mass is 32.2. The maximum atomic E-state index is 12.6. The number of carbonyl (C=O) groups excluding carboxylic acids is 1. The summed E-state index contributed by atoms with van der Waals surface area (Å²) in [5.74, 6) is 0.548. The minimum atomic E-state index is -2.92. The number of hydrogen-bond acceptors (Lipinski definition) is 4. The Morgan fingerprint density at radius 3 is 2.38 bits per heavy atom. The molecule has 0 unspecified atom stereocenters. The van der Waals surface area contributed by atoms with E-state index < -0.39 is 9.84 Å². The topological polar surface area (TPSA) is 69.7 Å². The van der Waals surface area contributed by atoms with Gasteiger partial charge >= 0.3 is 6.03 Å². The molecule has 3 saturated heterocycles. The Hall–Kier alpha value is -0.820. The number of amides is 2. The molecule has 0 aliphatic carbocycles. The number of nitrogens with one attached hydrogen (secondary N) is 1. The highest BCUT2D eigenvalue weighted by Gasteiger charge is 2.53. The molecular weight excluding hydrogens is 326 g/mol. The van der Waals surface area contributed by atoms with Gasteiger partial charge in [0.25, 0.3) is 0 Å².